The molecule has 1 atom stereocenters. The smallest absolute Gasteiger partial charge is 0.244 e. The molecule has 0 aliphatic carbocycles. The number of rotatable bonds is 6. The summed E-state index contributed by atoms with van der Waals surface area (Å²) in [5.41, 5.74) is 4.14. The number of H-pyrrole nitrogens is 1. The maximum absolute atomic E-state index is 12.7. The summed E-state index contributed by atoms with van der Waals surface area (Å²) in [5, 5.41) is 10.1. The van der Waals surface area contributed by atoms with E-state index in [2.05, 4.69) is 39.5 Å². The predicted molar refractivity (Wildman–Crippen MR) is 126 cm³/mol. The quantitative estimate of drug-likeness (QED) is 0.539. The molecule has 2 aromatic carbocycles. The van der Waals surface area contributed by atoms with Crippen molar-refractivity contribution in [3.05, 3.63) is 64.4 Å². The monoisotopic (exact) mass is 435 g/mol. The van der Waals surface area contributed by atoms with Gasteiger partial charge < -0.3 is 5.32 Å². The van der Waals surface area contributed by atoms with Crippen molar-refractivity contribution >= 4 is 23.8 Å². The van der Waals surface area contributed by atoms with E-state index in [1.54, 1.807) is 4.57 Å². The van der Waals surface area contributed by atoms with Gasteiger partial charge in [-0.2, -0.15) is 5.10 Å². The molecule has 4 rings (SSSR count). The summed E-state index contributed by atoms with van der Waals surface area (Å²) in [4.78, 5) is 15.2. The molecule has 1 aliphatic rings. The second-order valence-electron chi connectivity index (χ2n) is 8.36. The molecule has 162 valence electrons. The van der Waals surface area contributed by atoms with E-state index in [1.807, 2.05) is 43.3 Å². The Morgan fingerprint density at radius 3 is 2.61 bits per heavy atom. The number of hydrogen-bond acceptors (Lipinski definition) is 4. The molecular formula is C24H29N5OS. The molecule has 1 aromatic heterocycles. The molecule has 0 radical (unpaired) electrons. The highest BCUT2D eigenvalue weighted by molar-refractivity contribution is 7.71. The highest BCUT2D eigenvalue weighted by Gasteiger charge is 2.18. The van der Waals surface area contributed by atoms with E-state index in [4.69, 9.17) is 12.2 Å². The van der Waals surface area contributed by atoms with Crippen molar-refractivity contribution < 1.29 is 4.79 Å². The Hall–Kier alpha value is -2.77. The number of anilines is 1. The van der Waals surface area contributed by atoms with Gasteiger partial charge in [-0.05, 0) is 63.1 Å². The van der Waals surface area contributed by atoms with Crippen LogP contribution in [-0.4, -0.2) is 38.2 Å². The zero-order valence-electron chi connectivity index (χ0n) is 18.1. The average Bonchev–Trinajstić information content (AvgIpc) is 3.12. The first-order valence-corrected chi connectivity index (χ1v) is 11.3. The molecule has 1 unspecified atom stereocenters. The molecule has 1 aliphatic heterocycles. The number of aromatic nitrogens is 3. The van der Waals surface area contributed by atoms with Gasteiger partial charge in [-0.15, -0.1) is 0 Å². The van der Waals surface area contributed by atoms with Gasteiger partial charge in [0, 0.05) is 23.8 Å². The van der Waals surface area contributed by atoms with Crippen molar-refractivity contribution in [3.63, 3.8) is 0 Å². The van der Waals surface area contributed by atoms with Crippen molar-refractivity contribution in [3.8, 4) is 11.4 Å². The summed E-state index contributed by atoms with van der Waals surface area (Å²) in [6.45, 7) is 6.56. The fraction of sp³-hybridized carbons (Fsp3) is 0.375. The third-order valence-electron chi connectivity index (χ3n) is 5.93. The van der Waals surface area contributed by atoms with E-state index in [-0.39, 0.29) is 12.5 Å². The number of likely N-dealkylation sites (tertiary alicyclic amines) is 1. The third-order valence-corrected chi connectivity index (χ3v) is 6.25. The van der Waals surface area contributed by atoms with E-state index in [0.717, 1.165) is 24.3 Å². The highest BCUT2D eigenvalue weighted by Crippen LogP contribution is 2.21. The lowest BCUT2D eigenvalue weighted by Crippen LogP contribution is -2.36. The van der Waals surface area contributed by atoms with Crippen LogP contribution in [0.5, 0.6) is 0 Å². The molecule has 1 saturated heterocycles. The first-order chi connectivity index (χ1) is 15.0. The topological polar surface area (TPSA) is 66.0 Å². The van der Waals surface area contributed by atoms with Crippen LogP contribution in [-0.2, 0) is 17.9 Å². The van der Waals surface area contributed by atoms with Crippen LogP contribution in [0.3, 0.4) is 0 Å². The van der Waals surface area contributed by atoms with Crippen LogP contribution < -0.4 is 5.32 Å². The summed E-state index contributed by atoms with van der Waals surface area (Å²) >= 11 is 5.35. The second kappa shape index (κ2) is 9.58. The summed E-state index contributed by atoms with van der Waals surface area (Å²) in [7, 11) is 0. The second-order valence-corrected chi connectivity index (χ2v) is 8.75. The van der Waals surface area contributed by atoms with Crippen LogP contribution in [0, 0.1) is 11.7 Å². The van der Waals surface area contributed by atoms with Crippen LogP contribution in [0.25, 0.3) is 11.4 Å². The zero-order chi connectivity index (χ0) is 21.8. The van der Waals surface area contributed by atoms with Crippen molar-refractivity contribution in [1.82, 2.24) is 19.7 Å². The minimum absolute atomic E-state index is 0.103. The molecule has 6 nitrogen and oxygen atoms in total. The highest BCUT2D eigenvalue weighted by atomic mass is 32.1. The Morgan fingerprint density at radius 1 is 1.16 bits per heavy atom. The van der Waals surface area contributed by atoms with Gasteiger partial charge in [-0.3, -0.25) is 19.4 Å². The molecule has 0 bridgehead atoms. The first kappa shape index (κ1) is 21.5. The number of amides is 1. The molecule has 1 fully saturated rings. The fourth-order valence-electron chi connectivity index (χ4n) is 4.05. The Labute approximate surface area is 188 Å². The maximum Gasteiger partial charge on any atom is 0.244 e. The number of aromatic amines is 1. The molecule has 31 heavy (non-hydrogen) atoms. The largest absolute Gasteiger partial charge is 0.325 e. The van der Waals surface area contributed by atoms with Crippen molar-refractivity contribution in [1.29, 1.82) is 0 Å². The number of nitrogens with one attached hydrogen (secondary N) is 2. The van der Waals surface area contributed by atoms with Gasteiger partial charge in [0.2, 0.25) is 5.91 Å². The van der Waals surface area contributed by atoms with Gasteiger partial charge >= 0.3 is 0 Å². The Kier molecular flexibility index (Phi) is 6.63. The Bertz CT molecular complexity index is 1080. The summed E-state index contributed by atoms with van der Waals surface area (Å²) in [5.74, 6) is 0.523. The van der Waals surface area contributed by atoms with E-state index < -0.39 is 0 Å². The van der Waals surface area contributed by atoms with Crippen molar-refractivity contribution in [2.45, 2.75) is 52.2 Å². The van der Waals surface area contributed by atoms with Crippen molar-refractivity contribution in [2.75, 3.05) is 11.9 Å². The van der Waals surface area contributed by atoms with Gasteiger partial charge in [0.05, 0.1) is 0 Å². The standard InChI is InChI=1S/C24H29N5OS/c1-17-6-10-20(11-7-17)23-26-27-24(31)29(23)16-22(30)25-21-12-8-19(9-13-21)15-28-14-4-3-5-18(28)2/h6-13,18H,3-5,14-16H2,1-2H3,(H,25,30)(H,27,31). The molecule has 7 heteroatoms. The molecule has 2 N–H and O–H groups in total. The SMILES string of the molecule is Cc1ccc(-c2n[nH]c(=S)n2CC(=O)Nc2ccc(CN3CCCCC3C)cc2)cc1. The lowest BCUT2D eigenvalue weighted by atomic mass is 10.0. The van der Waals surface area contributed by atoms with E-state index in [9.17, 15) is 4.79 Å². The Morgan fingerprint density at radius 2 is 1.90 bits per heavy atom. The number of hydrogen-bond donors (Lipinski definition) is 2. The lowest BCUT2D eigenvalue weighted by molar-refractivity contribution is -0.116. The zero-order valence-corrected chi connectivity index (χ0v) is 18.9. The summed E-state index contributed by atoms with van der Waals surface area (Å²) in [6, 6.07) is 16.8. The van der Waals surface area contributed by atoms with E-state index >= 15 is 0 Å². The van der Waals surface area contributed by atoms with Crippen LogP contribution in [0.15, 0.2) is 48.5 Å². The number of carbonyl (C=O) groups excluding carboxylic acids is 1. The number of benzene rings is 2. The van der Waals surface area contributed by atoms with E-state index in [1.165, 1.54) is 30.4 Å². The first-order valence-electron chi connectivity index (χ1n) is 10.8. The minimum atomic E-state index is -0.136. The molecule has 1 amide bonds. The Balaban J connectivity index is 1.40. The maximum atomic E-state index is 12.7. The summed E-state index contributed by atoms with van der Waals surface area (Å²) < 4.78 is 2.15. The molecule has 2 heterocycles. The van der Waals surface area contributed by atoms with Gasteiger partial charge in [0.25, 0.3) is 0 Å². The van der Waals surface area contributed by atoms with Crippen molar-refractivity contribution in [2.24, 2.45) is 0 Å². The molecule has 0 saturated carbocycles. The van der Waals surface area contributed by atoms with Gasteiger partial charge in [-0.25, -0.2) is 0 Å². The normalized spacial score (nSPS) is 16.9. The average molecular weight is 436 g/mol. The van der Waals surface area contributed by atoms with Gasteiger partial charge in [0.15, 0.2) is 10.6 Å². The molecule has 3 aromatic rings. The van der Waals surface area contributed by atoms with Crippen LogP contribution in [0.2, 0.25) is 0 Å². The fourth-order valence-corrected chi connectivity index (χ4v) is 4.25. The van der Waals surface area contributed by atoms with E-state index in [0.29, 0.717) is 16.6 Å². The van der Waals surface area contributed by atoms with Crippen LogP contribution in [0.4, 0.5) is 5.69 Å². The van der Waals surface area contributed by atoms with Gasteiger partial charge in [0.1, 0.15) is 6.54 Å². The number of nitrogens with zero attached hydrogens (tertiary/aromatic N) is 3. The third kappa shape index (κ3) is 5.29. The minimum Gasteiger partial charge on any atom is -0.325 e. The summed E-state index contributed by atoms with van der Waals surface area (Å²) in [6.07, 6.45) is 3.88. The number of aryl methyl sites for hydroxylation is 1. The van der Waals surface area contributed by atoms with Crippen LogP contribution >= 0.6 is 12.2 Å². The molecular weight excluding hydrogens is 406 g/mol. The lowest BCUT2D eigenvalue weighted by Gasteiger charge is -2.33. The number of piperidine rings is 1. The molecule has 0 spiro atoms. The number of carbonyl (C=O) groups is 1. The predicted octanol–water partition coefficient (Wildman–Crippen LogP) is 4.93. The van der Waals surface area contributed by atoms with Gasteiger partial charge in [-0.1, -0.05) is 48.4 Å². The van der Waals surface area contributed by atoms with Crippen LogP contribution in [0.1, 0.15) is 37.3 Å².